The second-order valence-corrected chi connectivity index (χ2v) is 7.32. The standard InChI is InChI=1S/C21H20F3N3O3.B.Na/c22-21(23,24)14-7-5-13(6-8-14)18-15-3-1-2-4-16(15)19(27-26-18)25-12-20(29)9-10-30-11-17(20)28;;/h1-8,17,28-29H,9-12H2,(H,25,27);;/q;-1;+1/t17-,20+;;/m1../s1. The smallest absolute Gasteiger partial charge is 1.00 e. The Balaban J connectivity index is 0.00000181. The molecule has 11 heteroatoms. The van der Waals surface area contributed by atoms with Crippen LogP contribution in [-0.4, -0.2) is 60.3 Å². The van der Waals surface area contributed by atoms with Crippen LogP contribution < -0.4 is 34.9 Å². The summed E-state index contributed by atoms with van der Waals surface area (Å²) in [6.07, 6.45) is -5.16. The van der Waals surface area contributed by atoms with Crippen molar-refractivity contribution in [3.63, 3.8) is 0 Å². The number of aliphatic hydroxyl groups is 2. The first-order valence-electron chi connectivity index (χ1n) is 9.43. The fourth-order valence-corrected chi connectivity index (χ4v) is 3.47. The largest absolute Gasteiger partial charge is 1.00 e. The summed E-state index contributed by atoms with van der Waals surface area (Å²) in [6, 6.07) is 12.0. The molecule has 0 amide bonds. The summed E-state index contributed by atoms with van der Waals surface area (Å²) in [5, 5.41) is 33.6. The van der Waals surface area contributed by atoms with E-state index in [0.29, 0.717) is 34.5 Å². The van der Waals surface area contributed by atoms with Crippen molar-refractivity contribution in [2.75, 3.05) is 25.1 Å². The molecule has 0 unspecified atom stereocenters. The number of rotatable bonds is 4. The number of anilines is 1. The Labute approximate surface area is 207 Å². The second kappa shape index (κ2) is 10.5. The molecule has 0 aliphatic carbocycles. The Morgan fingerprint density at radius 2 is 1.72 bits per heavy atom. The topological polar surface area (TPSA) is 87.5 Å². The summed E-state index contributed by atoms with van der Waals surface area (Å²) in [7, 11) is 0. The minimum absolute atomic E-state index is 0. The SMILES string of the molecule is O[C@@H]1COCC[C@]1(O)CNc1nnc(-c2ccc(C(F)(F)F)cc2)c2ccccc12.[B-].[Na+]. The van der Waals surface area contributed by atoms with Crippen LogP contribution in [0.25, 0.3) is 22.0 Å². The van der Waals surface area contributed by atoms with Gasteiger partial charge in [-0.15, -0.1) is 10.2 Å². The number of benzene rings is 2. The number of aromatic nitrogens is 2. The van der Waals surface area contributed by atoms with Gasteiger partial charge >= 0.3 is 35.7 Å². The van der Waals surface area contributed by atoms with Gasteiger partial charge in [0.1, 0.15) is 17.4 Å². The van der Waals surface area contributed by atoms with Crippen molar-refractivity contribution in [1.82, 2.24) is 10.2 Å². The third-order valence-corrected chi connectivity index (χ3v) is 5.31. The zero-order valence-electron chi connectivity index (χ0n) is 17.4. The molecule has 0 spiro atoms. The van der Waals surface area contributed by atoms with E-state index >= 15 is 0 Å². The maximum atomic E-state index is 12.8. The van der Waals surface area contributed by atoms with E-state index in [1.807, 2.05) is 12.1 Å². The van der Waals surface area contributed by atoms with Gasteiger partial charge in [-0.3, -0.25) is 0 Å². The number of nitrogens with one attached hydrogen (secondary N) is 1. The van der Waals surface area contributed by atoms with Gasteiger partial charge in [0.2, 0.25) is 0 Å². The third-order valence-electron chi connectivity index (χ3n) is 5.31. The normalized spacial score (nSPS) is 20.8. The number of fused-ring (bicyclic) bond motifs is 1. The number of ether oxygens (including phenoxy) is 1. The molecule has 2 atom stereocenters. The van der Waals surface area contributed by atoms with Gasteiger partial charge in [-0.25, -0.2) is 0 Å². The van der Waals surface area contributed by atoms with Gasteiger partial charge in [-0.2, -0.15) is 13.2 Å². The predicted octanol–water partition coefficient (Wildman–Crippen LogP) is -0.137. The molecule has 4 rings (SSSR count). The van der Waals surface area contributed by atoms with Crippen LogP contribution in [0.5, 0.6) is 0 Å². The summed E-state index contributed by atoms with van der Waals surface area (Å²) >= 11 is 0. The second-order valence-electron chi connectivity index (χ2n) is 7.32. The zero-order valence-corrected chi connectivity index (χ0v) is 19.4. The molecule has 4 radical (unpaired) electrons. The van der Waals surface area contributed by atoms with E-state index in [1.54, 1.807) is 12.1 Å². The maximum Gasteiger partial charge on any atom is 1.00 e. The van der Waals surface area contributed by atoms with Crippen molar-refractivity contribution in [2.24, 2.45) is 0 Å². The molecule has 1 aliphatic rings. The Kier molecular flexibility index (Phi) is 8.72. The number of nitrogens with zero attached hydrogens (tertiary/aromatic N) is 2. The molecule has 1 aliphatic heterocycles. The van der Waals surface area contributed by atoms with Gasteiger partial charge in [-0.1, -0.05) is 36.4 Å². The maximum absolute atomic E-state index is 12.8. The summed E-state index contributed by atoms with van der Waals surface area (Å²) in [6.45, 7) is 0.446. The van der Waals surface area contributed by atoms with Gasteiger partial charge in [-0.05, 0) is 12.1 Å². The third kappa shape index (κ3) is 5.44. The van der Waals surface area contributed by atoms with Crippen molar-refractivity contribution in [1.29, 1.82) is 0 Å². The Bertz CT molecular complexity index is 1060. The van der Waals surface area contributed by atoms with Crippen molar-refractivity contribution in [2.45, 2.75) is 24.3 Å². The van der Waals surface area contributed by atoms with Crippen LogP contribution >= 0.6 is 0 Å². The molecule has 32 heavy (non-hydrogen) atoms. The molecule has 2 aromatic carbocycles. The Hall–Kier alpha value is -1.69. The first-order valence-corrected chi connectivity index (χ1v) is 9.43. The van der Waals surface area contributed by atoms with Gasteiger partial charge in [0.25, 0.3) is 0 Å². The van der Waals surface area contributed by atoms with E-state index < -0.39 is 23.4 Å². The molecular formula is C21H20BF3N3NaO3. The van der Waals surface area contributed by atoms with Crippen molar-refractivity contribution < 1.29 is 57.7 Å². The average molecular weight is 453 g/mol. The molecular weight excluding hydrogens is 433 g/mol. The summed E-state index contributed by atoms with van der Waals surface area (Å²) in [5.41, 5.74) is -1.12. The molecule has 6 nitrogen and oxygen atoms in total. The summed E-state index contributed by atoms with van der Waals surface area (Å²) < 4.78 is 43.7. The monoisotopic (exact) mass is 453 g/mol. The van der Waals surface area contributed by atoms with E-state index in [1.165, 1.54) is 12.1 Å². The zero-order chi connectivity index (χ0) is 21.4. The van der Waals surface area contributed by atoms with E-state index in [0.717, 1.165) is 12.1 Å². The fraction of sp³-hybridized carbons (Fsp3) is 0.333. The van der Waals surface area contributed by atoms with Crippen LogP contribution in [0.4, 0.5) is 19.0 Å². The van der Waals surface area contributed by atoms with Crippen molar-refractivity contribution in [3.05, 3.63) is 54.1 Å². The number of hydrogen-bond donors (Lipinski definition) is 3. The van der Waals surface area contributed by atoms with Crippen LogP contribution in [0.2, 0.25) is 0 Å². The molecule has 3 N–H and O–H groups in total. The molecule has 0 bridgehead atoms. The molecule has 1 aromatic heterocycles. The van der Waals surface area contributed by atoms with Gasteiger partial charge in [0, 0.05) is 35.9 Å². The van der Waals surface area contributed by atoms with Crippen LogP contribution in [0.15, 0.2) is 48.5 Å². The Morgan fingerprint density at radius 1 is 1.06 bits per heavy atom. The molecule has 0 saturated carbocycles. The van der Waals surface area contributed by atoms with Crippen molar-refractivity contribution >= 4 is 25.0 Å². The first kappa shape index (κ1) is 26.6. The number of halogens is 3. The molecule has 3 aromatic rings. The van der Waals surface area contributed by atoms with E-state index in [2.05, 4.69) is 15.5 Å². The minimum Gasteiger partial charge on any atom is -1.00 e. The van der Waals surface area contributed by atoms with Gasteiger partial charge < -0.3 is 28.7 Å². The van der Waals surface area contributed by atoms with Crippen LogP contribution in [0, 0.1) is 0 Å². The average Bonchev–Trinajstić information content (AvgIpc) is 2.74. The predicted molar refractivity (Wildman–Crippen MR) is 111 cm³/mol. The summed E-state index contributed by atoms with van der Waals surface area (Å²) in [4.78, 5) is 0. The van der Waals surface area contributed by atoms with Crippen LogP contribution in [0.1, 0.15) is 12.0 Å². The fourth-order valence-electron chi connectivity index (χ4n) is 3.47. The van der Waals surface area contributed by atoms with E-state index in [9.17, 15) is 23.4 Å². The minimum atomic E-state index is -4.41. The van der Waals surface area contributed by atoms with E-state index in [4.69, 9.17) is 4.74 Å². The number of hydrogen-bond acceptors (Lipinski definition) is 6. The van der Waals surface area contributed by atoms with Crippen LogP contribution in [-0.2, 0) is 10.9 Å². The van der Waals surface area contributed by atoms with Gasteiger partial charge in [0.15, 0.2) is 5.82 Å². The van der Waals surface area contributed by atoms with Crippen molar-refractivity contribution in [3.8, 4) is 11.3 Å². The quantitative estimate of drug-likeness (QED) is 0.477. The molecule has 162 valence electrons. The van der Waals surface area contributed by atoms with Gasteiger partial charge in [0.05, 0.1) is 12.2 Å². The number of aliphatic hydroxyl groups excluding tert-OH is 1. The Morgan fingerprint density at radius 3 is 2.34 bits per heavy atom. The van der Waals surface area contributed by atoms with E-state index in [-0.39, 0.29) is 57.5 Å². The molecule has 1 saturated heterocycles. The first-order chi connectivity index (χ1) is 14.3. The summed E-state index contributed by atoms with van der Waals surface area (Å²) in [5.74, 6) is 0.411. The molecule has 1 fully saturated rings. The van der Waals surface area contributed by atoms with Crippen LogP contribution in [0.3, 0.4) is 0 Å². The molecule has 2 heterocycles. The number of alkyl halides is 3.